The highest BCUT2D eigenvalue weighted by molar-refractivity contribution is 5.93. The van der Waals surface area contributed by atoms with Crippen LogP contribution in [0.4, 0.5) is 11.6 Å². The molecule has 3 heterocycles. The number of benzene rings is 1. The van der Waals surface area contributed by atoms with Crippen LogP contribution in [0.5, 0.6) is 5.75 Å². The molecule has 2 aliphatic heterocycles. The Morgan fingerprint density at radius 1 is 0.862 bits per heavy atom. The number of aromatic nitrogens is 2. The van der Waals surface area contributed by atoms with E-state index in [2.05, 4.69) is 43.8 Å². The average molecular weight is 396 g/mol. The molecule has 0 unspecified atom stereocenters. The minimum atomic E-state index is 0.00399. The van der Waals surface area contributed by atoms with Gasteiger partial charge in [-0.15, -0.1) is 0 Å². The zero-order chi connectivity index (χ0) is 20.2. The van der Waals surface area contributed by atoms with E-state index in [4.69, 9.17) is 4.74 Å². The predicted octanol–water partition coefficient (Wildman–Crippen LogP) is 1.20. The van der Waals surface area contributed by atoms with Gasteiger partial charge < -0.3 is 24.3 Å². The molecule has 4 rings (SSSR count). The summed E-state index contributed by atoms with van der Waals surface area (Å²) >= 11 is 0. The van der Waals surface area contributed by atoms with E-state index in [1.54, 1.807) is 19.5 Å². The van der Waals surface area contributed by atoms with Crippen molar-refractivity contribution in [1.82, 2.24) is 19.8 Å². The van der Waals surface area contributed by atoms with Crippen molar-refractivity contribution in [2.24, 2.45) is 0 Å². The van der Waals surface area contributed by atoms with Crippen LogP contribution < -0.4 is 14.5 Å². The SMILES string of the molecule is COc1ccc(N2CCN(C(=O)c3cnc(N4CCN(C)CC4)nc3)CC2)cc1. The summed E-state index contributed by atoms with van der Waals surface area (Å²) < 4.78 is 5.22. The maximum absolute atomic E-state index is 12.8. The van der Waals surface area contributed by atoms with Gasteiger partial charge in [0, 0.05) is 70.4 Å². The smallest absolute Gasteiger partial charge is 0.257 e. The average Bonchev–Trinajstić information content (AvgIpc) is 2.79. The number of likely N-dealkylation sites (N-methyl/N-ethyl adjacent to an activating group) is 1. The van der Waals surface area contributed by atoms with Gasteiger partial charge in [-0.25, -0.2) is 9.97 Å². The number of methoxy groups -OCH3 is 1. The minimum Gasteiger partial charge on any atom is -0.497 e. The van der Waals surface area contributed by atoms with Crippen molar-refractivity contribution < 1.29 is 9.53 Å². The van der Waals surface area contributed by atoms with Crippen molar-refractivity contribution in [1.29, 1.82) is 0 Å². The number of piperazine rings is 2. The fraction of sp³-hybridized carbons (Fsp3) is 0.476. The summed E-state index contributed by atoms with van der Waals surface area (Å²) in [5, 5.41) is 0. The molecule has 2 fully saturated rings. The Balaban J connectivity index is 1.33. The highest BCUT2D eigenvalue weighted by atomic mass is 16.5. The second-order valence-corrected chi connectivity index (χ2v) is 7.54. The van der Waals surface area contributed by atoms with Crippen molar-refractivity contribution in [3.63, 3.8) is 0 Å². The molecule has 8 heteroatoms. The first-order chi connectivity index (χ1) is 14.1. The highest BCUT2D eigenvalue weighted by Gasteiger charge is 2.23. The molecular weight excluding hydrogens is 368 g/mol. The third-order valence-electron chi connectivity index (χ3n) is 5.68. The Bertz CT molecular complexity index is 810. The molecule has 0 radical (unpaired) electrons. The summed E-state index contributed by atoms with van der Waals surface area (Å²) in [4.78, 5) is 30.4. The molecule has 2 aromatic rings. The highest BCUT2D eigenvalue weighted by Crippen LogP contribution is 2.21. The van der Waals surface area contributed by atoms with E-state index in [-0.39, 0.29) is 5.91 Å². The van der Waals surface area contributed by atoms with Gasteiger partial charge in [0.25, 0.3) is 5.91 Å². The van der Waals surface area contributed by atoms with Crippen LogP contribution in [0.25, 0.3) is 0 Å². The van der Waals surface area contributed by atoms with E-state index in [0.29, 0.717) is 24.6 Å². The van der Waals surface area contributed by atoms with Gasteiger partial charge in [0.1, 0.15) is 5.75 Å². The Hall–Kier alpha value is -2.87. The van der Waals surface area contributed by atoms with Crippen LogP contribution in [-0.4, -0.2) is 92.2 Å². The summed E-state index contributed by atoms with van der Waals surface area (Å²) in [6.07, 6.45) is 3.33. The molecule has 2 aliphatic rings. The Morgan fingerprint density at radius 2 is 1.45 bits per heavy atom. The number of rotatable bonds is 4. The summed E-state index contributed by atoms with van der Waals surface area (Å²) in [7, 11) is 3.79. The molecule has 1 aromatic carbocycles. The molecule has 8 nitrogen and oxygen atoms in total. The number of amides is 1. The van der Waals surface area contributed by atoms with Gasteiger partial charge in [-0.1, -0.05) is 0 Å². The molecule has 0 spiro atoms. The molecule has 0 saturated carbocycles. The zero-order valence-electron chi connectivity index (χ0n) is 17.1. The fourth-order valence-electron chi connectivity index (χ4n) is 3.74. The van der Waals surface area contributed by atoms with Crippen LogP contribution in [-0.2, 0) is 0 Å². The van der Waals surface area contributed by atoms with Gasteiger partial charge in [-0.05, 0) is 31.3 Å². The number of anilines is 2. The lowest BCUT2D eigenvalue weighted by Crippen LogP contribution is -2.49. The Morgan fingerprint density at radius 3 is 2.03 bits per heavy atom. The first kappa shape index (κ1) is 19.4. The Labute approximate surface area is 171 Å². The topological polar surface area (TPSA) is 65.0 Å². The normalized spacial score (nSPS) is 18.1. The number of carbonyl (C=O) groups excluding carboxylic acids is 1. The summed E-state index contributed by atoms with van der Waals surface area (Å²) in [5.41, 5.74) is 1.71. The lowest BCUT2D eigenvalue weighted by molar-refractivity contribution is 0.0746. The zero-order valence-corrected chi connectivity index (χ0v) is 17.1. The van der Waals surface area contributed by atoms with E-state index in [1.807, 2.05) is 17.0 Å². The van der Waals surface area contributed by atoms with Gasteiger partial charge in [0.15, 0.2) is 0 Å². The molecule has 154 valence electrons. The van der Waals surface area contributed by atoms with Crippen LogP contribution in [0.15, 0.2) is 36.7 Å². The molecule has 1 aromatic heterocycles. The number of hydrogen-bond donors (Lipinski definition) is 0. The summed E-state index contributed by atoms with van der Waals surface area (Å²) in [6, 6.07) is 8.04. The Kier molecular flexibility index (Phi) is 5.80. The van der Waals surface area contributed by atoms with E-state index in [9.17, 15) is 4.79 Å². The summed E-state index contributed by atoms with van der Waals surface area (Å²) in [5.74, 6) is 1.56. The van der Waals surface area contributed by atoms with Gasteiger partial charge >= 0.3 is 0 Å². The van der Waals surface area contributed by atoms with Crippen LogP contribution in [0.3, 0.4) is 0 Å². The first-order valence-electron chi connectivity index (χ1n) is 10.1. The minimum absolute atomic E-state index is 0.00399. The molecule has 2 saturated heterocycles. The van der Waals surface area contributed by atoms with Gasteiger partial charge in [0.05, 0.1) is 12.7 Å². The molecule has 0 bridgehead atoms. The molecule has 29 heavy (non-hydrogen) atoms. The van der Waals surface area contributed by atoms with E-state index in [0.717, 1.165) is 50.7 Å². The van der Waals surface area contributed by atoms with Crippen molar-refractivity contribution in [3.05, 3.63) is 42.2 Å². The van der Waals surface area contributed by atoms with Gasteiger partial charge in [-0.3, -0.25) is 4.79 Å². The second kappa shape index (κ2) is 8.65. The fourth-order valence-corrected chi connectivity index (χ4v) is 3.74. The van der Waals surface area contributed by atoms with Crippen LogP contribution >= 0.6 is 0 Å². The van der Waals surface area contributed by atoms with Crippen molar-refractivity contribution in [2.75, 3.05) is 76.3 Å². The largest absolute Gasteiger partial charge is 0.497 e. The van der Waals surface area contributed by atoms with Crippen LogP contribution in [0.1, 0.15) is 10.4 Å². The maximum Gasteiger partial charge on any atom is 0.257 e. The third kappa shape index (κ3) is 4.42. The van der Waals surface area contributed by atoms with E-state index in [1.165, 1.54) is 0 Å². The van der Waals surface area contributed by atoms with Crippen LogP contribution in [0, 0.1) is 0 Å². The third-order valence-corrected chi connectivity index (χ3v) is 5.68. The maximum atomic E-state index is 12.8. The van der Waals surface area contributed by atoms with Gasteiger partial charge in [-0.2, -0.15) is 0 Å². The molecular formula is C21H28N6O2. The molecule has 0 aliphatic carbocycles. The van der Waals surface area contributed by atoms with E-state index >= 15 is 0 Å². The lowest BCUT2D eigenvalue weighted by Gasteiger charge is -2.36. The van der Waals surface area contributed by atoms with Crippen molar-refractivity contribution in [2.45, 2.75) is 0 Å². The molecule has 0 atom stereocenters. The predicted molar refractivity (Wildman–Crippen MR) is 113 cm³/mol. The summed E-state index contributed by atoms with van der Waals surface area (Å²) in [6.45, 7) is 6.81. The number of hydrogen-bond acceptors (Lipinski definition) is 7. The molecule has 0 N–H and O–H groups in total. The van der Waals surface area contributed by atoms with Crippen molar-refractivity contribution in [3.8, 4) is 5.75 Å². The standard InChI is InChI=1S/C21H28N6O2/c1-24-7-9-27(10-8-24)21-22-15-17(16-23-21)20(28)26-13-11-25(12-14-26)18-3-5-19(29-2)6-4-18/h3-6,15-16H,7-14H2,1-2H3. The van der Waals surface area contributed by atoms with Crippen LogP contribution in [0.2, 0.25) is 0 Å². The number of carbonyl (C=O) groups is 1. The van der Waals surface area contributed by atoms with E-state index < -0.39 is 0 Å². The van der Waals surface area contributed by atoms with Gasteiger partial charge in [0.2, 0.25) is 5.95 Å². The monoisotopic (exact) mass is 396 g/mol. The molecule has 1 amide bonds. The number of nitrogens with zero attached hydrogens (tertiary/aromatic N) is 6. The quantitative estimate of drug-likeness (QED) is 0.769. The van der Waals surface area contributed by atoms with Crippen molar-refractivity contribution >= 4 is 17.5 Å². The second-order valence-electron chi connectivity index (χ2n) is 7.54. The lowest BCUT2D eigenvalue weighted by atomic mass is 10.2. The first-order valence-corrected chi connectivity index (χ1v) is 10.1. The number of ether oxygens (including phenoxy) is 1.